The molecule has 1 aliphatic carbocycles. The zero-order valence-electron chi connectivity index (χ0n) is 12.4. The Hall–Kier alpha value is -1.74. The summed E-state index contributed by atoms with van der Waals surface area (Å²) in [5.41, 5.74) is 7.56. The van der Waals surface area contributed by atoms with Gasteiger partial charge in [-0.15, -0.1) is 11.3 Å². The molecule has 0 aromatic carbocycles. The molecular formula is C18H18N2S. The molecule has 0 aliphatic heterocycles. The highest BCUT2D eigenvalue weighted by atomic mass is 32.1. The van der Waals surface area contributed by atoms with Crippen molar-refractivity contribution in [1.82, 2.24) is 9.97 Å². The summed E-state index contributed by atoms with van der Waals surface area (Å²) < 4.78 is 1.32. The normalized spacial score (nSPS) is 14.4. The molecule has 0 spiro atoms. The van der Waals surface area contributed by atoms with E-state index in [1.165, 1.54) is 58.2 Å². The van der Waals surface area contributed by atoms with Gasteiger partial charge in [0.25, 0.3) is 0 Å². The number of aromatic nitrogens is 2. The van der Waals surface area contributed by atoms with Crippen molar-refractivity contribution in [2.45, 2.75) is 39.5 Å². The Morgan fingerprint density at radius 1 is 1.05 bits per heavy atom. The number of pyridine rings is 2. The summed E-state index contributed by atoms with van der Waals surface area (Å²) in [7, 11) is 0. The molecule has 106 valence electrons. The van der Waals surface area contributed by atoms with Gasteiger partial charge in [0, 0.05) is 22.8 Å². The molecule has 0 saturated carbocycles. The largest absolute Gasteiger partial charge is 0.256 e. The lowest BCUT2D eigenvalue weighted by molar-refractivity contribution is 0.699. The van der Waals surface area contributed by atoms with Crippen molar-refractivity contribution in [3.8, 4) is 11.3 Å². The summed E-state index contributed by atoms with van der Waals surface area (Å²) in [6, 6.07) is 4.31. The smallest absolute Gasteiger partial charge is 0.0851 e. The van der Waals surface area contributed by atoms with E-state index in [9.17, 15) is 0 Å². The van der Waals surface area contributed by atoms with E-state index in [1.807, 2.05) is 23.7 Å². The molecule has 0 fully saturated rings. The molecule has 3 heterocycles. The van der Waals surface area contributed by atoms with E-state index >= 15 is 0 Å². The van der Waals surface area contributed by atoms with Gasteiger partial charge in [-0.3, -0.25) is 9.97 Å². The third-order valence-corrected chi connectivity index (χ3v) is 5.80. The van der Waals surface area contributed by atoms with E-state index in [4.69, 9.17) is 0 Å². The van der Waals surface area contributed by atoms with Crippen LogP contribution in [0, 0.1) is 13.8 Å². The molecule has 1 aliphatic rings. The van der Waals surface area contributed by atoms with Gasteiger partial charge in [0.1, 0.15) is 0 Å². The molecule has 3 aromatic heterocycles. The number of hydrogen-bond acceptors (Lipinski definition) is 3. The minimum atomic E-state index is 1.07. The van der Waals surface area contributed by atoms with Crippen LogP contribution in [0.4, 0.5) is 0 Å². The van der Waals surface area contributed by atoms with Crippen LogP contribution in [0.1, 0.15) is 34.4 Å². The van der Waals surface area contributed by atoms with Crippen LogP contribution in [0.2, 0.25) is 0 Å². The van der Waals surface area contributed by atoms with Gasteiger partial charge in [-0.05, 0) is 68.4 Å². The number of nitrogens with zero attached hydrogens (tertiary/aromatic N) is 2. The van der Waals surface area contributed by atoms with Gasteiger partial charge in [-0.2, -0.15) is 0 Å². The van der Waals surface area contributed by atoms with Crippen LogP contribution in [0.5, 0.6) is 0 Å². The monoisotopic (exact) mass is 294 g/mol. The first-order chi connectivity index (χ1) is 10.2. The van der Waals surface area contributed by atoms with Crippen molar-refractivity contribution in [3.63, 3.8) is 0 Å². The summed E-state index contributed by atoms with van der Waals surface area (Å²) in [6.45, 7) is 4.26. The average molecular weight is 294 g/mol. The molecule has 0 saturated heterocycles. The van der Waals surface area contributed by atoms with Crippen LogP contribution >= 0.6 is 11.3 Å². The highest BCUT2D eigenvalue weighted by Gasteiger charge is 2.19. The lowest BCUT2D eigenvalue weighted by Crippen LogP contribution is -1.98. The maximum Gasteiger partial charge on any atom is 0.0851 e. The van der Waals surface area contributed by atoms with Gasteiger partial charge < -0.3 is 0 Å². The Morgan fingerprint density at radius 3 is 2.76 bits per heavy atom. The fraction of sp³-hybridized carbons (Fsp3) is 0.333. The SMILES string of the molecule is Cc1cnc(-c2ccnc3c4c(sc23)CCCC4)cc1C. The lowest BCUT2D eigenvalue weighted by atomic mass is 9.97. The second kappa shape index (κ2) is 4.92. The highest BCUT2D eigenvalue weighted by molar-refractivity contribution is 7.19. The second-order valence-electron chi connectivity index (χ2n) is 5.90. The fourth-order valence-electron chi connectivity index (χ4n) is 3.10. The zero-order chi connectivity index (χ0) is 14.4. The Kier molecular flexibility index (Phi) is 3.03. The number of thiophene rings is 1. The topological polar surface area (TPSA) is 25.8 Å². The number of hydrogen-bond donors (Lipinski definition) is 0. The highest BCUT2D eigenvalue weighted by Crippen LogP contribution is 2.39. The van der Waals surface area contributed by atoms with E-state index in [1.54, 1.807) is 4.88 Å². The van der Waals surface area contributed by atoms with Gasteiger partial charge in [0.2, 0.25) is 0 Å². The van der Waals surface area contributed by atoms with Crippen molar-refractivity contribution < 1.29 is 0 Å². The molecule has 0 radical (unpaired) electrons. The molecular weight excluding hydrogens is 276 g/mol. The second-order valence-corrected chi connectivity index (χ2v) is 7.01. The van der Waals surface area contributed by atoms with Crippen LogP contribution in [-0.4, -0.2) is 9.97 Å². The molecule has 2 nitrogen and oxygen atoms in total. The van der Waals surface area contributed by atoms with Crippen LogP contribution in [-0.2, 0) is 12.8 Å². The summed E-state index contributed by atoms with van der Waals surface area (Å²) in [4.78, 5) is 10.8. The first kappa shape index (κ1) is 13.0. The van der Waals surface area contributed by atoms with Gasteiger partial charge in [-0.25, -0.2) is 0 Å². The zero-order valence-corrected chi connectivity index (χ0v) is 13.3. The molecule has 0 unspecified atom stereocenters. The molecule has 3 heteroatoms. The Bertz CT molecular complexity index is 833. The van der Waals surface area contributed by atoms with Crippen LogP contribution in [0.25, 0.3) is 21.5 Å². The van der Waals surface area contributed by atoms with Crippen molar-refractivity contribution in [2.75, 3.05) is 0 Å². The Morgan fingerprint density at radius 2 is 1.90 bits per heavy atom. The summed E-state index contributed by atoms with van der Waals surface area (Å²) in [5.74, 6) is 0. The summed E-state index contributed by atoms with van der Waals surface area (Å²) >= 11 is 1.93. The van der Waals surface area contributed by atoms with Crippen molar-refractivity contribution in [1.29, 1.82) is 0 Å². The molecule has 4 rings (SSSR count). The average Bonchev–Trinajstić information content (AvgIpc) is 2.89. The van der Waals surface area contributed by atoms with Gasteiger partial charge >= 0.3 is 0 Å². The third kappa shape index (κ3) is 2.07. The minimum Gasteiger partial charge on any atom is -0.256 e. The van der Waals surface area contributed by atoms with Crippen LogP contribution < -0.4 is 0 Å². The molecule has 0 bridgehead atoms. The third-order valence-electron chi connectivity index (χ3n) is 4.48. The lowest BCUT2D eigenvalue weighted by Gasteiger charge is -2.09. The van der Waals surface area contributed by atoms with E-state index in [0.717, 1.165) is 5.69 Å². The molecule has 0 N–H and O–H groups in total. The van der Waals surface area contributed by atoms with E-state index in [0.29, 0.717) is 0 Å². The van der Waals surface area contributed by atoms with Crippen molar-refractivity contribution >= 4 is 21.6 Å². The summed E-state index contributed by atoms with van der Waals surface area (Å²) in [5, 5.41) is 0. The maximum absolute atomic E-state index is 4.66. The first-order valence-electron chi connectivity index (χ1n) is 7.57. The van der Waals surface area contributed by atoms with Gasteiger partial charge in [0.15, 0.2) is 0 Å². The quantitative estimate of drug-likeness (QED) is 0.641. The van der Waals surface area contributed by atoms with Crippen LogP contribution in [0.15, 0.2) is 24.5 Å². The molecule has 0 amide bonds. The summed E-state index contributed by atoms with van der Waals surface area (Å²) in [6.07, 6.45) is 8.94. The maximum atomic E-state index is 4.66. The number of rotatable bonds is 1. The van der Waals surface area contributed by atoms with Crippen LogP contribution in [0.3, 0.4) is 0 Å². The molecule has 0 atom stereocenters. The van der Waals surface area contributed by atoms with E-state index < -0.39 is 0 Å². The van der Waals surface area contributed by atoms with Crippen molar-refractivity contribution in [3.05, 3.63) is 46.1 Å². The molecule has 3 aromatic rings. The number of aryl methyl sites for hydroxylation is 4. The minimum absolute atomic E-state index is 1.07. The standard InChI is InChI=1S/C18H18N2S/c1-11-9-15(20-10-12(11)2)13-7-8-19-17-14-5-3-4-6-16(14)21-18(13)17/h7-10H,3-6H2,1-2H3. The van der Waals surface area contributed by atoms with E-state index in [-0.39, 0.29) is 0 Å². The predicted molar refractivity (Wildman–Crippen MR) is 89.0 cm³/mol. The van der Waals surface area contributed by atoms with Gasteiger partial charge in [0.05, 0.1) is 15.9 Å². The van der Waals surface area contributed by atoms with Crippen molar-refractivity contribution in [2.24, 2.45) is 0 Å². The van der Waals surface area contributed by atoms with Gasteiger partial charge in [-0.1, -0.05) is 0 Å². The Labute approximate surface area is 128 Å². The first-order valence-corrected chi connectivity index (χ1v) is 8.38. The Balaban J connectivity index is 1.96. The van der Waals surface area contributed by atoms with E-state index in [2.05, 4.69) is 35.9 Å². The number of fused-ring (bicyclic) bond motifs is 3. The molecule has 21 heavy (non-hydrogen) atoms. The predicted octanol–water partition coefficient (Wildman–Crippen LogP) is 4.85. The fourth-order valence-corrected chi connectivity index (χ4v) is 4.47.